The normalized spacial score (nSPS) is 14.8. The summed E-state index contributed by atoms with van der Waals surface area (Å²) in [5, 5.41) is 2.27. The van der Waals surface area contributed by atoms with Gasteiger partial charge in [0.2, 0.25) is 5.88 Å². The van der Waals surface area contributed by atoms with Gasteiger partial charge in [-0.1, -0.05) is 54.6 Å². The largest absolute Gasteiger partial charge is 0.438 e. The highest BCUT2D eigenvalue weighted by atomic mass is 16.5. The van der Waals surface area contributed by atoms with Gasteiger partial charge in [0.25, 0.3) is 0 Å². The Morgan fingerprint density at radius 1 is 0.957 bits per heavy atom. The third kappa shape index (κ3) is 2.36. The fraction of sp³-hybridized carbons (Fsp3) is 0.0500. The van der Waals surface area contributed by atoms with Gasteiger partial charge in [-0.25, -0.2) is 0 Å². The minimum Gasteiger partial charge on any atom is -0.438 e. The summed E-state index contributed by atoms with van der Waals surface area (Å²) in [5.74, 6) is 1.26. The summed E-state index contributed by atoms with van der Waals surface area (Å²) >= 11 is 0. The van der Waals surface area contributed by atoms with Crippen molar-refractivity contribution in [3.8, 4) is 5.75 Å². The van der Waals surface area contributed by atoms with Crippen molar-refractivity contribution in [1.29, 1.82) is 0 Å². The molecule has 3 heteroatoms. The topological polar surface area (TPSA) is 29.5 Å². The molecule has 3 aromatic rings. The van der Waals surface area contributed by atoms with E-state index >= 15 is 0 Å². The van der Waals surface area contributed by atoms with Crippen LogP contribution in [0.5, 0.6) is 5.75 Å². The summed E-state index contributed by atoms with van der Waals surface area (Å²) in [6.07, 6.45) is 1.54. The van der Waals surface area contributed by atoms with E-state index in [4.69, 9.17) is 4.74 Å². The van der Waals surface area contributed by atoms with Crippen LogP contribution >= 0.6 is 0 Å². The second-order valence-electron chi connectivity index (χ2n) is 5.54. The van der Waals surface area contributed by atoms with Crippen LogP contribution in [0, 0.1) is 0 Å². The predicted octanol–water partition coefficient (Wildman–Crippen LogP) is 4.39. The van der Waals surface area contributed by atoms with Gasteiger partial charge in [0.05, 0.1) is 5.69 Å². The number of allylic oxidation sites excluding steroid dienone is 1. The van der Waals surface area contributed by atoms with Gasteiger partial charge < -0.3 is 9.64 Å². The van der Waals surface area contributed by atoms with E-state index in [9.17, 15) is 4.79 Å². The molecule has 0 unspecified atom stereocenters. The highest BCUT2D eigenvalue weighted by molar-refractivity contribution is 6.05. The Balaban J connectivity index is 1.71. The van der Waals surface area contributed by atoms with Crippen molar-refractivity contribution in [1.82, 2.24) is 0 Å². The van der Waals surface area contributed by atoms with Crippen LogP contribution in [0.25, 0.3) is 10.8 Å². The van der Waals surface area contributed by atoms with Gasteiger partial charge in [0.1, 0.15) is 0 Å². The number of ketones is 1. The molecule has 3 nitrogen and oxygen atoms in total. The number of carbonyl (C=O) groups is 1. The predicted molar refractivity (Wildman–Crippen MR) is 91.8 cm³/mol. The molecule has 0 aliphatic carbocycles. The van der Waals surface area contributed by atoms with Gasteiger partial charge in [0.15, 0.2) is 11.5 Å². The first kappa shape index (κ1) is 13.6. The van der Waals surface area contributed by atoms with Gasteiger partial charge in [-0.05, 0) is 22.9 Å². The molecule has 0 fully saturated rings. The lowest BCUT2D eigenvalue weighted by atomic mass is 10.1. The Hall–Kier alpha value is -3.07. The Kier molecular flexibility index (Phi) is 3.12. The Bertz CT molecular complexity index is 929. The third-order valence-electron chi connectivity index (χ3n) is 4.05. The summed E-state index contributed by atoms with van der Waals surface area (Å²) in [4.78, 5) is 14.3. The Labute approximate surface area is 134 Å². The Morgan fingerprint density at radius 3 is 2.35 bits per heavy atom. The van der Waals surface area contributed by atoms with Crippen LogP contribution in [0.15, 0.2) is 78.7 Å². The van der Waals surface area contributed by atoms with E-state index < -0.39 is 0 Å². The van der Waals surface area contributed by atoms with E-state index in [-0.39, 0.29) is 5.78 Å². The maximum atomic E-state index is 12.3. The quantitative estimate of drug-likeness (QED) is 0.519. The monoisotopic (exact) mass is 301 g/mol. The van der Waals surface area contributed by atoms with E-state index in [1.807, 2.05) is 48.3 Å². The highest BCUT2D eigenvalue weighted by Crippen LogP contribution is 2.40. The van der Waals surface area contributed by atoms with Crippen LogP contribution in [-0.2, 0) is 0 Å². The van der Waals surface area contributed by atoms with Gasteiger partial charge in [-0.2, -0.15) is 0 Å². The number of benzene rings is 3. The van der Waals surface area contributed by atoms with Crippen molar-refractivity contribution in [2.24, 2.45) is 0 Å². The standard InChI is InChI=1S/C20H15NO2/c1-21-17-11-15-9-5-6-10-16(15)12-19(17)23-20(21)13-18(22)14-7-3-2-4-8-14/h2-13H,1H3. The summed E-state index contributed by atoms with van der Waals surface area (Å²) < 4.78 is 5.89. The van der Waals surface area contributed by atoms with Crippen LogP contribution in [-0.4, -0.2) is 12.8 Å². The number of nitrogens with zero attached hydrogens (tertiary/aromatic N) is 1. The Morgan fingerprint density at radius 2 is 1.61 bits per heavy atom. The lowest BCUT2D eigenvalue weighted by Gasteiger charge is -2.11. The molecular formula is C20H15NO2. The molecule has 1 aliphatic rings. The van der Waals surface area contributed by atoms with E-state index in [2.05, 4.69) is 18.2 Å². The molecule has 0 bridgehead atoms. The molecular weight excluding hydrogens is 286 g/mol. The zero-order valence-corrected chi connectivity index (χ0v) is 12.7. The zero-order chi connectivity index (χ0) is 15.8. The first-order chi connectivity index (χ1) is 11.2. The minimum absolute atomic E-state index is 0.0650. The van der Waals surface area contributed by atoms with Crippen molar-refractivity contribution >= 4 is 22.2 Å². The summed E-state index contributed by atoms with van der Waals surface area (Å²) in [6.45, 7) is 0. The molecule has 0 atom stereocenters. The minimum atomic E-state index is -0.0650. The van der Waals surface area contributed by atoms with Gasteiger partial charge in [0, 0.05) is 18.7 Å². The van der Waals surface area contributed by atoms with Crippen molar-refractivity contribution < 1.29 is 9.53 Å². The molecule has 0 spiro atoms. The molecule has 0 saturated carbocycles. The molecule has 23 heavy (non-hydrogen) atoms. The molecule has 1 heterocycles. The molecule has 4 rings (SSSR count). The summed E-state index contributed by atoms with van der Waals surface area (Å²) in [6, 6.07) is 21.4. The van der Waals surface area contributed by atoms with Crippen molar-refractivity contribution in [3.05, 3.63) is 84.3 Å². The molecule has 3 aromatic carbocycles. The van der Waals surface area contributed by atoms with E-state index in [0.717, 1.165) is 22.2 Å². The van der Waals surface area contributed by atoms with Crippen molar-refractivity contribution in [2.75, 3.05) is 11.9 Å². The number of anilines is 1. The zero-order valence-electron chi connectivity index (χ0n) is 12.7. The van der Waals surface area contributed by atoms with Gasteiger partial charge in [-0.15, -0.1) is 0 Å². The lowest BCUT2D eigenvalue weighted by molar-refractivity contribution is 0.104. The van der Waals surface area contributed by atoms with E-state index in [0.29, 0.717) is 11.4 Å². The number of carbonyl (C=O) groups excluding carboxylic acids is 1. The molecule has 0 aromatic heterocycles. The first-order valence-electron chi connectivity index (χ1n) is 7.48. The maximum Gasteiger partial charge on any atom is 0.204 e. The highest BCUT2D eigenvalue weighted by Gasteiger charge is 2.24. The maximum absolute atomic E-state index is 12.3. The van der Waals surface area contributed by atoms with Crippen LogP contribution in [0.1, 0.15) is 10.4 Å². The van der Waals surface area contributed by atoms with Crippen LogP contribution in [0.3, 0.4) is 0 Å². The lowest BCUT2D eigenvalue weighted by Crippen LogP contribution is -2.15. The fourth-order valence-corrected chi connectivity index (χ4v) is 2.78. The third-order valence-corrected chi connectivity index (χ3v) is 4.05. The van der Waals surface area contributed by atoms with Crippen LogP contribution in [0.2, 0.25) is 0 Å². The molecule has 0 N–H and O–H groups in total. The number of ether oxygens (including phenoxy) is 1. The smallest absolute Gasteiger partial charge is 0.204 e. The molecule has 0 radical (unpaired) electrons. The number of rotatable bonds is 2. The average Bonchev–Trinajstić information content (AvgIpc) is 2.89. The van der Waals surface area contributed by atoms with Gasteiger partial charge >= 0.3 is 0 Å². The fourth-order valence-electron chi connectivity index (χ4n) is 2.78. The number of hydrogen-bond acceptors (Lipinski definition) is 3. The summed E-state index contributed by atoms with van der Waals surface area (Å²) in [5.41, 5.74) is 1.62. The number of hydrogen-bond donors (Lipinski definition) is 0. The first-order valence-corrected chi connectivity index (χ1v) is 7.48. The second-order valence-corrected chi connectivity index (χ2v) is 5.54. The summed E-state index contributed by atoms with van der Waals surface area (Å²) in [7, 11) is 1.91. The average molecular weight is 301 g/mol. The molecule has 0 amide bonds. The van der Waals surface area contributed by atoms with E-state index in [1.165, 1.54) is 0 Å². The van der Waals surface area contributed by atoms with Gasteiger partial charge in [-0.3, -0.25) is 4.79 Å². The second kappa shape index (κ2) is 5.29. The van der Waals surface area contributed by atoms with Crippen molar-refractivity contribution in [3.63, 3.8) is 0 Å². The van der Waals surface area contributed by atoms with E-state index in [1.54, 1.807) is 18.2 Å². The van der Waals surface area contributed by atoms with Crippen LogP contribution < -0.4 is 9.64 Å². The number of fused-ring (bicyclic) bond motifs is 2. The molecule has 1 aliphatic heterocycles. The molecule has 112 valence electrons. The van der Waals surface area contributed by atoms with Crippen molar-refractivity contribution in [2.45, 2.75) is 0 Å². The van der Waals surface area contributed by atoms with Crippen LogP contribution in [0.4, 0.5) is 5.69 Å². The molecule has 0 saturated heterocycles. The SMILES string of the molecule is CN1C(=CC(=O)c2ccccc2)Oc2cc3ccccc3cc21.